The third kappa shape index (κ3) is 3.47. The number of nitrogens with one attached hydrogen (secondary N) is 1. The summed E-state index contributed by atoms with van der Waals surface area (Å²) in [4.78, 5) is 34.1. The van der Waals surface area contributed by atoms with Crippen LogP contribution in [0.1, 0.15) is 10.4 Å². The lowest BCUT2D eigenvalue weighted by Crippen LogP contribution is -2.23. The maximum Gasteiger partial charge on any atom is 0.394 e. The van der Waals surface area contributed by atoms with Crippen molar-refractivity contribution in [1.29, 1.82) is 0 Å². The number of aromatic nitrogens is 1. The number of nitrogens with zero attached hydrogens (tertiary/aromatic N) is 1. The zero-order valence-electron chi connectivity index (χ0n) is 13.4. The zero-order chi connectivity index (χ0) is 18.7. The first-order valence-corrected chi connectivity index (χ1v) is 8.20. The number of methoxy groups -OCH3 is 1. The summed E-state index contributed by atoms with van der Waals surface area (Å²) in [6, 6.07) is 8.02. The Morgan fingerprint density at radius 3 is 2.65 bits per heavy atom. The molecule has 0 aliphatic rings. The third-order valence-corrected chi connectivity index (χ3v) is 4.16. The van der Waals surface area contributed by atoms with Gasteiger partial charge in [0.1, 0.15) is 5.69 Å². The molecule has 0 saturated heterocycles. The minimum absolute atomic E-state index is 0.00640. The summed E-state index contributed by atoms with van der Waals surface area (Å²) in [6.07, 6.45) is 0. The number of aliphatic carboxylic acids is 1. The Bertz CT molecular complexity index is 977. The van der Waals surface area contributed by atoms with Crippen molar-refractivity contribution in [2.75, 3.05) is 12.4 Å². The molecule has 0 aliphatic carbocycles. The molecule has 0 bridgehead atoms. The van der Waals surface area contributed by atoms with Gasteiger partial charge in [-0.2, -0.15) is 11.3 Å². The van der Waals surface area contributed by atoms with Gasteiger partial charge in [0, 0.05) is 22.6 Å². The molecule has 9 heteroatoms. The van der Waals surface area contributed by atoms with E-state index >= 15 is 0 Å². The fourth-order valence-electron chi connectivity index (χ4n) is 2.22. The first kappa shape index (κ1) is 17.4. The summed E-state index contributed by atoms with van der Waals surface area (Å²) in [5, 5.41) is 18.7. The lowest BCUT2D eigenvalue weighted by Gasteiger charge is -2.09. The van der Waals surface area contributed by atoms with Crippen molar-refractivity contribution < 1.29 is 28.8 Å². The monoisotopic (exact) mass is 372 g/mol. The Hall–Kier alpha value is -3.46. The van der Waals surface area contributed by atoms with E-state index in [9.17, 15) is 14.4 Å². The van der Waals surface area contributed by atoms with Crippen molar-refractivity contribution in [3.8, 4) is 22.6 Å². The predicted octanol–water partition coefficient (Wildman–Crippen LogP) is 2.88. The Morgan fingerprint density at radius 1 is 1.19 bits per heavy atom. The fourth-order valence-corrected chi connectivity index (χ4v) is 2.87. The Balaban J connectivity index is 1.97. The third-order valence-electron chi connectivity index (χ3n) is 3.48. The molecule has 3 aromatic rings. The van der Waals surface area contributed by atoms with Crippen molar-refractivity contribution in [1.82, 2.24) is 5.16 Å². The van der Waals surface area contributed by atoms with Crippen LogP contribution in [0.15, 0.2) is 45.6 Å². The van der Waals surface area contributed by atoms with E-state index in [1.807, 2.05) is 16.8 Å². The van der Waals surface area contributed by atoms with Gasteiger partial charge in [0.25, 0.3) is 0 Å². The SMILES string of the molecule is COC(=O)c1cc(-c2cc(-c3ccsc3)no2)ccc1NC(=O)C(=O)O. The van der Waals surface area contributed by atoms with Gasteiger partial charge in [-0.1, -0.05) is 5.16 Å². The van der Waals surface area contributed by atoms with Crippen LogP contribution in [0, 0.1) is 0 Å². The smallest absolute Gasteiger partial charge is 0.394 e. The Kier molecular flexibility index (Phi) is 4.81. The molecule has 0 atom stereocenters. The molecule has 8 nitrogen and oxygen atoms in total. The highest BCUT2D eigenvalue weighted by molar-refractivity contribution is 7.08. The van der Waals surface area contributed by atoms with Crippen LogP contribution in [0.5, 0.6) is 0 Å². The van der Waals surface area contributed by atoms with E-state index in [-0.39, 0.29) is 11.3 Å². The summed E-state index contributed by atoms with van der Waals surface area (Å²) in [5.41, 5.74) is 2.08. The Morgan fingerprint density at radius 2 is 2.00 bits per heavy atom. The zero-order valence-corrected chi connectivity index (χ0v) is 14.2. The maximum atomic E-state index is 12.0. The number of benzene rings is 1. The molecule has 0 unspecified atom stereocenters. The second-order valence-electron chi connectivity index (χ2n) is 5.10. The number of rotatable bonds is 4. The number of hydrogen-bond acceptors (Lipinski definition) is 7. The highest BCUT2D eigenvalue weighted by Crippen LogP contribution is 2.30. The van der Waals surface area contributed by atoms with Crippen LogP contribution in [0.3, 0.4) is 0 Å². The van der Waals surface area contributed by atoms with Crippen molar-refractivity contribution in [3.63, 3.8) is 0 Å². The molecular formula is C17H12N2O6S. The van der Waals surface area contributed by atoms with Crippen LogP contribution in [0.2, 0.25) is 0 Å². The minimum atomic E-state index is -1.67. The first-order valence-electron chi connectivity index (χ1n) is 7.26. The van der Waals surface area contributed by atoms with E-state index in [0.717, 1.165) is 5.56 Å². The number of esters is 1. The van der Waals surface area contributed by atoms with Gasteiger partial charge in [0.05, 0.1) is 18.4 Å². The number of carbonyl (C=O) groups excluding carboxylic acids is 2. The summed E-state index contributed by atoms with van der Waals surface area (Å²) < 4.78 is 10.0. The molecule has 26 heavy (non-hydrogen) atoms. The fraction of sp³-hybridized carbons (Fsp3) is 0.0588. The molecule has 2 N–H and O–H groups in total. The molecule has 0 aliphatic heterocycles. The number of thiophene rings is 1. The number of carbonyl (C=O) groups is 3. The molecule has 2 heterocycles. The van der Waals surface area contributed by atoms with Gasteiger partial charge in [-0.05, 0) is 29.6 Å². The highest BCUT2D eigenvalue weighted by Gasteiger charge is 2.19. The lowest BCUT2D eigenvalue weighted by atomic mass is 10.1. The summed E-state index contributed by atoms with van der Waals surface area (Å²) in [7, 11) is 1.18. The van der Waals surface area contributed by atoms with Gasteiger partial charge < -0.3 is 19.7 Å². The summed E-state index contributed by atoms with van der Waals surface area (Å²) in [5.74, 6) is -3.25. The minimum Gasteiger partial charge on any atom is -0.474 e. The molecule has 0 radical (unpaired) electrons. The van der Waals surface area contributed by atoms with Crippen LogP contribution >= 0.6 is 11.3 Å². The molecular weight excluding hydrogens is 360 g/mol. The average Bonchev–Trinajstić information content (AvgIpc) is 3.32. The second kappa shape index (κ2) is 7.19. The number of hydrogen-bond donors (Lipinski definition) is 2. The van der Waals surface area contributed by atoms with Gasteiger partial charge >= 0.3 is 17.8 Å². The number of amides is 1. The average molecular weight is 372 g/mol. The largest absolute Gasteiger partial charge is 0.474 e. The summed E-state index contributed by atoms with van der Waals surface area (Å²) >= 11 is 1.53. The van der Waals surface area contributed by atoms with Crippen LogP contribution in [0.25, 0.3) is 22.6 Å². The van der Waals surface area contributed by atoms with Crippen molar-refractivity contribution in [3.05, 3.63) is 46.7 Å². The Labute approximate surface area is 151 Å². The molecule has 3 rings (SSSR count). The van der Waals surface area contributed by atoms with Crippen LogP contribution in [0.4, 0.5) is 5.69 Å². The van der Waals surface area contributed by atoms with Crippen molar-refractivity contribution >= 4 is 34.9 Å². The second-order valence-corrected chi connectivity index (χ2v) is 5.88. The van der Waals surface area contributed by atoms with Gasteiger partial charge in [-0.25, -0.2) is 9.59 Å². The maximum absolute atomic E-state index is 12.0. The first-order chi connectivity index (χ1) is 12.5. The summed E-state index contributed by atoms with van der Waals surface area (Å²) in [6.45, 7) is 0. The lowest BCUT2D eigenvalue weighted by molar-refractivity contribution is -0.147. The topological polar surface area (TPSA) is 119 Å². The van der Waals surface area contributed by atoms with Gasteiger partial charge in [-0.3, -0.25) is 4.79 Å². The van der Waals surface area contributed by atoms with Crippen LogP contribution in [-0.2, 0) is 14.3 Å². The molecule has 2 aromatic heterocycles. The van der Waals surface area contributed by atoms with E-state index in [0.29, 0.717) is 17.0 Å². The molecule has 1 amide bonds. The quantitative estimate of drug-likeness (QED) is 0.534. The molecule has 0 fully saturated rings. The standard InChI is InChI=1S/C17H12N2O6S/c1-24-17(23)11-6-9(2-3-12(11)18-15(20)16(21)22)14-7-13(19-25-14)10-4-5-26-8-10/h2-8H,1H3,(H,18,20)(H,21,22). The van der Waals surface area contributed by atoms with E-state index in [1.54, 1.807) is 12.1 Å². The highest BCUT2D eigenvalue weighted by atomic mass is 32.1. The number of ether oxygens (including phenoxy) is 1. The van der Waals surface area contributed by atoms with Gasteiger partial charge in [0.2, 0.25) is 0 Å². The molecule has 132 valence electrons. The predicted molar refractivity (Wildman–Crippen MR) is 92.9 cm³/mol. The number of carboxylic acids is 1. The van der Waals surface area contributed by atoms with Gasteiger partial charge in [-0.15, -0.1) is 0 Å². The van der Waals surface area contributed by atoms with E-state index < -0.39 is 17.8 Å². The molecule has 1 aromatic carbocycles. The molecule has 0 saturated carbocycles. The van der Waals surface area contributed by atoms with E-state index in [2.05, 4.69) is 10.5 Å². The van der Waals surface area contributed by atoms with Crippen LogP contribution < -0.4 is 5.32 Å². The van der Waals surface area contributed by atoms with Crippen molar-refractivity contribution in [2.45, 2.75) is 0 Å². The van der Waals surface area contributed by atoms with E-state index in [1.165, 1.54) is 30.6 Å². The van der Waals surface area contributed by atoms with E-state index in [4.69, 9.17) is 14.4 Å². The van der Waals surface area contributed by atoms with Gasteiger partial charge in [0.15, 0.2) is 5.76 Å². The number of anilines is 1. The van der Waals surface area contributed by atoms with Crippen molar-refractivity contribution in [2.24, 2.45) is 0 Å². The number of carboxylic acid groups (broad SMARTS) is 1. The normalized spacial score (nSPS) is 10.3. The molecule has 0 spiro atoms. The van der Waals surface area contributed by atoms with Crippen LogP contribution in [-0.4, -0.2) is 35.2 Å².